The normalized spacial score (nSPS) is 19.4. The Bertz CT molecular complexity index is 1200. The Morgan fingerprint density at radius 1 is 1.06 bits per heavy atom. The molecule has 0 amide bonds. The minimum absolute atomic E-state index is 0.132. The van der Waals surface area contributed by atoms with Gasteiger partial charge in [0.25, 0.3) is 10.0 Å². The SMILES string of the molecule is COc1ccc(N2CC(C)NC(C)C2)cc1NS(=O)(=O)c1cccc2cccc(Cl)c12. The van der Waals surface area contributed by atoms with Crippen LogP contribution in [0.1, 0.15) is 13.8 Å². The molecule has 0 aromatic heterocycles. The molecule has 0 spiro atoms. The average Bonchev–Trinajstić information content (AvgIpc) is 2.72. The molecule has 3 aromatic rings. The van der Waals surface area contributed by atoms with Crippen LogP contribution in [0.3, 0.4) is 0 Å². The number of hydrogen-bond donors (Lipinski definition) is 2. The first kappa shape index (κ1) is 21.7. The number of methoxy groups -OCH3 is 1. The minimum atomic E-state index is -3.91. The summed E-state index contributed by atoms with van der Waals surface area (Å²) in [5.74, 6) is 0.454. The van der Waals surface area contributed by atoms with E-state index in [1.807, 2.05) is 24.3 Å². The lowest BCUT2D eigenvalue weighted by atomic mass is 10.1. The monoisotopic (exact) mass is 459 g/mol. The second-order valence-electron chi connectivity index (χ2n) is 7.96. The first-order valence-electron chi connectivity index (χ1n) is 10.2. The molecule has 0 aliphatic carbocycles. The molecule has 1 saturated heterocycles. The van der Waals surface area contributed by atoms with Crippen molar-refractivity contribution in [2.24, 2.45) is 0 Å². The van der Waals surface area contributed by atoms with Gasteiger partial charge in [-0.3, -0.25) is 4.72 Å². The van der Waals surface area contributed by atoms with Gasteiger partial charge in [0.1, 0.15) is 5.75 Å². The number of nitrogens with zero attached hydrogens (tertiary/aromatic N) is 1. The summed E-state index contributed by atoms with van der Waals surface area (Å²) in [5, 5.41) is 5.16. The predicted octanol–water partition coefficient (Wildman–Crippen LogP) is 4.49. The molecule has 8 heteroatoms. The number of piperazine rings is 1. The highest BCUT2D eigenvalue weighted by Crippen LogP contribution is 2.35. The molecule has 1 heterocycles. The predicted molar refractivity (Wildman–Crippen MR) is 127 cm³/mol. The summed E-state index contributed by atoms with van der Waals surface area (Å²) in [5.41, 5.74) is 1.33. The largest absolute Gasteiger partial charge is 0.495 e. The van der Waals surface area contributed by atoms with E-state index in [4.69, 9.17) is 16.3 Å². The van der Waals surface area contributed by atoms with Crippen molar-refractivity contribution in [2.75, 3.05) is 29.8 Å². The third-order valence-corrected chi connectivity index (χ3v) is 7.18. The maximum atomic E-state index is 13.4. The molecule has 4 rings (SSSR count). The Morgan fingerprint density at radius 3 is 2.42 bits per heavy atom. The molecule has 1 aliphatic heterocycles. The van der Waals surface area contributed by atoms with Gasteiger partial charge in [-0.05, 0) is 49.6 Å². The van der Waals surface area contributed by atoms with E-state index in [1.54, 1.807) is 30.3 Å². The molecule has 1 fully saturated rings. The van der Waals surface area contributed by atoms with Gasteiger partial charge in [-0.25, -0.2) is 8.42 Å². The highest BCUT2D eigenvalue weighted by atomic mass is 35.5. The van der Waals surface area contributed by atoms with Gasteiger partial charge in [-0.15, -0.1) is 0 Å². The van der Waals surface area contributed by atoms with Crippen LogP contribution >= 0.6 is 11.6 Å². The van der Waals surface area contributed by atoms with Crippen molar-refractivity contribution < 1.29 is 13.2 Å². The van der Waals surface area contributed by atoms with Crippen LogP contribution in [0.15, 0.2) is 59.5 Å². The van der Waals surface area contributed by atoms with E-state index in [-0.39, 0.29) is 4.90 Å². The maximum absolute atomic E-state index is 13.4. The van der Waals surface area contributed by atoms with Crippen molar-refractivity contribution in [2.45, 2.75) is 30.8 Å². The van der Waals surface area contributed by atoms with Crippen LogP contribution in [0.5, 0.6) is 5.75 Å². The van der Waals surface area contributed by atoms with E-state index in [9.17, 15) is 8.42 Å². The fourth-order valence-electron chi connectivity index (χ4n) is 4.20. The van der Waals surface area contributed by atoms with Gasteiger partial charge >= 0.3 is 0 Å². The number of nitrogens with one attached hydrogen (secondary N) is 2. The number of rotatable bonds is 5. The Balaban J connectivity index is 1.73. The lowest BCUT2D eigenvalue weighted by Gasteiger charge is -2.38. The molecule has 2 atom stereocenters. The van der Waals surface area contributed by atoms with E-state index >= 15 is 0 Å². The van der Waals surface area contributed by atoms with Crippen molar-refractivity contribution >= 4 is 43.8 Å². The van der Waals surface area contributed by atoms with E-state index in [2.05, 4.69) is 28.8 Å². The van der Waals surface area contributed by atoms with Gasteiger partial charge in [-0.2, -0.15) is 0 Å². The third kappa shape index (κ3) is 4.44. The standard InChI is InChI=1S/C23H26ClN3O3S/c1-15-13-27(14-16(2)25-15)18-10-11-21(30-3)20(12-18)26-31(28,29)22-9-5-7-17-6-4-8-19(24)23(17)22/h4-12,15-16,25-26H,13-14H2,1-3H3. The molecular weight excluding hydrogens is 434 g/mol. The van der Waals surface area contributed by atoms with Gasteiger partial charge in [0.15, 0.2) is 0 Å². The second kappa shape index (κ2) is 8.57. The van der Waals surface area contributed by atoms with Gasteiger partial charge in [0.05, 0.1) is 17.7 Å². The van der Waals surface area contributed by atoms with Crippen LogP contribution < -0.4 is 19.7 Å². The van der Waals surface area contributed by atoms with Crippen molar-refractivity contribution in [3.05, 3.63) is 59.6 Å². The quantitative estimate of drug-likeness (QED) is 0.588. The summed E-state index contributed by atoms with van der Waals surface area (Å²) in [6.45, 7) is 5.95. The fourth-order valence-corrected chi connectivity index (χ4v) is 5.85. The molecule has 2 N–H and O–H groups in total. The molecule has 3 aromatic carbocycles. The zero-order chi connectivity index (χ0) is 22.2. The zero-order valence-corrected chi connectivity index (χ0v) is 19.3. The number of fused-ring (bicyclic) bond motifs is 1. The molecule has 6 nitrogen and oxygen atoms in total. The first-order valence-corrected chi connectivity index (χ1v) is 12.0. The molecule has 1 aliphatic rings. The van der Waals surface area contributed by atoms with Crippen LogP contribution in [-0.4, -0.2) is 40.7 Å². The summed E-state index contributed by atoms with van der Waals surface area (Å²) in [7, 11) is -2.38. The Labute approximate surface area is 188 Å². The smallest absolute Gasteiger partial charge is 0.262 e. The minimum Gasteiger partial charge on any atom is -0.495 e. The molecule has 164 valence electrons. The van der Waals surface area contributed by atoms with Crippen LogP contribution in [0.4, 0.5) is 11.4 Å². The summed E-state index contributed by atoms with van der Waals surface area (Å²) >= 11 is 6.35. The number of benzene rings is 3. The fraction of sp³-hybridized carbons (Fsp3) is 0.304. The molecular formula is C23H26ClN3O3S. The van der Waals surface area contributed by atoms with Crippen molar-refractivity contribution in [1.82, 2.24) is 5.32 Å². The second-order valence-corrected chi connectivity index (χ2v) is 10.0. The summed E-state index contributed by atoms with van der Waals surface area (Å²) in [6.07, 6.45) is 0. The van der Waals surface area contributed by atoms with E-state index < -0.39 is 10.0 Å². The van der Waals surface area contributed by atoms with Crippen LogP contribution in [0.2, 0.25) is 5.02 Å². The van der Waals surface area contributed by atoms with Crippen LogP contribution in [0, 0.1) is 0 Å². The number of halogens is 1. The maximum Gasteiger partial charge on any atom is 0.262 e. The van der Waals surface area contributed by atoms with Crippen molar-refractivity contribution in [3.63, 3.8) is 0 Å². The topological polar surface area (TPSA) is 70.7 Å². The van der Waals surface area contributed by atoms with Crippen molar-refractivity contribution in [3.8, 4) is 5.75 Å². The summed E-state index contributed by atoms with van der Waals surface area (Å²) < 4.78 is 34.9. The van der Waals surface area contributed by atoms with Gasteiger partial charge in [-0.1, -0.05) is 35.9 Å². The first-order chi connectivity index (χ1) is 14.8. The number of anilines is 2. The van der Waals surface area contributed by atoms with Gasteiger partial charge in [0.2, 0.25) is 0 Å². The van der Waals surface area contributed by atoms with E-state index in [0.29, 0.717) is 33.9 Å². The summed E-state index contributed by atoms with van der Waals surface area (Å²) in [6, 6.07) is 16.7. The Morgan fingerprint density at radius 2 is 1.74 bits per heavy atom. The zero-order valence-electron chi connectivity index (χ0n) is 17.7. The molecule has 0 bridgehead atoms. The molecule has 0 radical (unpaired) electrons. The molecule has 0 saturated carbocycles. The lowest BCUT2D eigenvalue weighted by molar-refractivity contribution is 0.406. The lowest BCUT2D eigenvalue weighted by Crippen LogP contribution is -2.54. The van der Waals surface area contributed by atoms with Crippen molar-refractivity contribution in [1.29, 1.82) is 0 Å². The summed E-state index contributed by atoms with van der Waals surface area (Å²) in [4.78, 5) is 2.38. The Kier molecular flexibility index (Phi) is 6.01. The van der Waals surface area contributed by atoms with Gasteiger partial charge in [0, 0.05) is 41.3 Å². The molecule has 31 heavy (non-hydrogen) atoms. The highest BCUT2D eigenvalue weighted by Gasteiger charge is 2.24. The Hall–Kier alpha value is -2.48. The van der Waals surface area contributed by atoms with E-state index in [1.165, 1.54) is 7.11 Å². The average molecular weight is 460 g/mol. The van der Waals surface area contributed by atoms with E-state index in [0.717, 1.165) is 24.2 Å². The van der Waals surface area contributed by atoms with Gasteiger partial charge < -0.3 is 15.0 Å². The van der Waals surface area contributed by atoms with Crippen LogP contribution in [0.25, 0.3) is 10.8 Å². The van der Waals surface area contributed by atoms with Crippen LogP contribution in [-0.2, 0) is 10.0 Å². The third-order valence-electron chi connectivity index (χ3n) is 5.46. The molecule has 2 unspecified atom stereocenters. The number of hydrogen-bond acceptors (Lipinski definition) is 5. The number of sulfonamides is 1. The highest BCUT2D eigenvalue weighted by molar-refractivity contribution is 7.93. The number of ether oxygens (including phenoxy) is 1.